The van der Waals surface area contributed by atoms with Gasteiger partial charge in [0.25, 0.3) is 0 Å². The molecule has 2 rings (SSSR count). The van der Waals surface area contributed by atoms with Gasteiger partial charge < -0.3 is 10.6 Å². The number of carbonyl (C=O) groups excluding carboxylic acids is 1. The van der Waals surface area contributed by atoms with Crippen LogP contribution >= 0.6 is 0 Å². The first-order valence-corrected chi connectivity index (χ1v) is 7.34. The number of nitrogens with zero attached hydrogens (tertiary/aromatic N) is 3. The quantitative estimate of drug-likeness (QED) is 0.878. The smallest absolute Gasteiger partial charge is 0.333 e. The summed E-state index contributed by atoms with van der Waals surface area (Å²) in [6.07, 6.45) is -1.32. The number of aromatic nitrogens is 3. The first-order valence-electron chi connectivity index (χ1n) is 7.34. The summed E-state index contributed by atoms with van der Waals surface area (Å²) in [5.74, 6) is 0.120. The molecule has 0 fully saturated rings. The molecule has 9 heteroatoms. The first kappa shape index (κ1) is 17.8. The van der Waals surface area contributed by atoms with Gasteiger partial charge in [-0.2, -0.15) is 28.2 Å². The van der Waals surface area contributed by atoms with E-state index in [0.717, 1.165) is 12.1 Å². The number of carbonyl (C=O) groups is 1. The number of halogens is 3. The van der Waals surface area contributed by atoms with Gasteiger partial charge in [-0.3, -0.25) is 0 Å². The standard InChI is InChI=1S/C15H18F3N5O/c1-10(2)13(9-23-19-7-8-20-23)22-14(24)21-12-5-3-11(4-6-12)15(16,17)18/h3-8,10,13H,9H2,1-2H3,(H2,21,22,24). The molecule has 0 radical (unpaired) electrons. The van der Waals surface area contributed by atoms with Crippen LogP contribution < -0.4 is 10.6 Å². The van der Waals surface area contributed by atoms with Gasteiger partial charge in [0.1, 0.15) is 0 Å². The Hall–Kier alpha value is -2.58. The Morgan fingerprint density at radius 2 is 1.75 bits per heavy atom. The van der Waals surface area contributed by atoms with Gasteiger partial charge in [-0.15, -0.1) is 0 Å². The SMILES string of the molecule is CC(C)C(Cn1nccn1)NC(=O)Nc1ccc(C(F)(F)F)cc1. The molecule has 0 saturated heterocycles. The molecule has 0 aliphatic carbocycles. The molecule has 0 bridgehead atoms. The largest absolute Gasteiger partial charge is 0.416 e. The zero-order valence-electron chi connectivity index (χ0n) is 13.2. The summed E-state index contributed by atoms with van der Waals surface area (Å²) in [5, 5.41) is 13.3. The molecule has 0 saturated carbocycles. The average molecular weight is 341 g/mol. The van der Waals surface area contributed by atoms with Crippen molar-refractivity contribution in [3.8, 4) is 0 Å². The topological polar surface area (TPSA) is 71.8 Å². The summed E-state index contributed by atoms with van der Waals surface area (Å²) in [4.78, 5) is 13.5. The van der Waals surface area contributed by atoms with E-state index in [4.69, 9.17) is 0 Å². The van der Waals surface area contributed by atoms with Gasteiger partial charge in [0.05, 0.1) is 30.5 Å². The molecule has 6 nitrogen and oxygen atoms in total. The monoisotopic (exact) mass is 341 g/mol. The van der Waals surface area contributed by atoms with Crippen molar-refractivity contribution in [2.75, 3.05) is 5.32 Å². The van der Waals surface area contributed by atoms with Crippen molar-refractivity contribution in [3.63, 3.8) is 0 Å². The molecule has 24 heavy (non-hydrogen) atoms. The van der Waals surface area contributed by atoms with Crippen LogP contribution in [0.25, 0.3) is 0 Å². The highest BCUT2D eigenvalue weighted by Crippen LogP contribution is 2.29. The van der Waals surface area contributed by atoms with E-state index < -0.39 is 17.8 Å². The van der Waals surface area contributed by atoms with Crippen LogP contribution in [0.2, 0.25) is 0 Å². The number of benzene rings is 1. The number of alkyl halides is 3. The van der Waals surface area contributed by atoms with Crippen LogP contribution in [0.1, 0.15) is 19.4 Å². The van der Waals surface area contributed by atoms with Gasteiger partial charge in [0, 0.05) is 5.69 Å². The molecule has 2 aromatic rings. The number of urea groups is 1. The van der Waals surface area contributed by atoms with Gasteiger partial charge >= 0.3 is 12.2 Å². The Kier molecular flexibility index (Phi) is 5.42. The minimum Gasteiger partial charge on any atom is -0.333 e. The van der Waals surface area contributed by atoms with E-state index in [1.165, 1.54) is 16.9 Å². The van der Waals surface area contributed by atoms with Crippen molar-refractivity contribution in [3.05, 3.63) is 42.2 Å². The van der Waals surface area contributed by atoms with Crippen molar-refractivity contribution in [1.29, 1.82) is 0 Å². The molecule has 1 atom stereocenters. The average Bonchev–Trinajstić information content (AvgIpc) is 2.99. The van der Waals surface area contributed by atoms with Gasteiger partial charge in [0.2, 0.25) is 0 Å². The summed E-state index contributed by atoms with van der Waals surface area (Å²) < 4.78 is 37.5. The summed E-state index contributed by atoms with van der Waals surface area (Å²) in [6, 6.07) is 3.53. The predicted octanol–water partition coefficient (Wildman–Crippen LogP) is 3.14. The molecule has 0 spiro atoms. The molecule has 130 valence electrons. The van der Waals surface area contributed by atoms with Crippen LogP contribution in [-0.2, 0) is 12.7 Å². The maximum Gasteiger partial charge on any atom is 0.416 e. The third kappa shape index (κ3) is 4.97. The van der Waals surface area contributed by atoms with Crippen molar-refractivity contribution in [2.24, 2.45) is 5.92 Å². The third-order valence-electron chi connectivity index (χ3n) is 3.42. The maximum absolute atomic E-state index is 12.5. The van der Waals surface area contributed by atoms with Crippen molar-refractivity contribution < 1.29 is 18.0 Å². The lowest BCUT2D eigenvalue weighted by Gasteiger charge is -2.22. The van der Waals surface area contributed by atoms with E-state index in [1.54, 1.807) is 12.4 Å². The molecule has 0 aliphatic rings. The third-order valence-corrected chi connectivity index (χ3v) is 3.42. The van der Waals surface area contributed by atoms with E-state index in [1.807, 2.05) is 13.8 Å². The Morgan fingerprint density at radius 3 is 2.25 bits per heavy atom. The number of amides is 2. The number of hydrogen-bond donors (Lipinski definition) is 2. The van der Waals surface area contributed by atoms with Crippen molar-refractivity contribution in [2.45, 2.75) is 32.6 Å². The second kappa shape index (κ2) is 7.33. The highest BCUT2D eigenvalue weighted by molar-refractivity contribution is 5.89. The number of rotatable bonds is 5. The summed E-state index contributed by atoms with van der Waals surface area (Å²) >= 11 is 0. The second-order valence-electron chi connectivity index (χ2n) is 5.61. The Balaban J connectivity index is 1.95. The van der Waals surface area contributed by atoms with Crippen LogP contribution in [0.5, 0.6) is 0 Å². The van der Waals surface area contributed by atoms with Crippen molar-refractivity contribution in [1.82, 2.24) is 20.3 Å². The second-order valence-corrected chi connectivity index (χ2v) is 5.61. The summed E-state index contributed by atoms with van der Waals surface area (Å²) in [7, 11) is 0. The summed E-state index contributed by atoms with van der Waals surface area (Å²) in [6.45, 7) is 4.27. The summed E-state index contributed by atoms with van der Waals surface area (Å²) in [5.41, 5.74) is -0.488. The van der Waals surface area contributed by atoms with Gasteiger partial charge in [0.15, 0.2) is 0 Å². The molecule has 1 aromatic heterocycles. The molecule has 0 aliphatic heterocycles. The molecule has 1 aromatic carbocycles. The van der Waals surface area contributed by atoms with Gasteiger partial charge in [-0.1, -0.05) is 13.8 Å². The lowest BCUT2D eigenvalue weighted by Crippen LogP contribution is -2.44. The van der Waals surface area contributed by atoms with E-state index in [9.17, 15) is 18.0 Å². The minimum atomic E-state index is -4.40. The number of hydrogen-bond acceptors (Lipinski definition) is 3. The molecular weight excluding hydrogens is 323 g/mol. The minimum absolute atomic E-state index is 0.120. The van der Waals surface area contributed by atoms with Crippen LogP contribution in [0.15, 0.2) is 36.7 Å². The number of nitrogens with one attached hydrogen (secondary N) is 2. The van der Waals surface area contributed by atoms with Crippen molar-refractivity contribution >= 4 is 11.7 Å². The van der Waals surface area contributed by atoms with Gasteiger partial charge in [-0.05, 0) is 30.2 Å². The predicted molar refractivity (Wildman–Crippen MR) is 82.2 cm³/mol. The first-order chi connectivity index (χ1) is 11.3. The zero-order valence-corrected chi connectivity index (χ0v) is 13.2. The molecule has 1 heterocycles. The molecular formula is C15H18F3N5O. The Morgan fingerprint density at radius 1 is 1.17 bits per heavy atom. The van der Waals surface area contributed by atoms with Crippen LogP contribution in [0, 0.1) is 5.92 Å². The molecule has 2 N–H and O–H groups in total. The van der Waals surface area contributed by atoms with Crippen LogP contribution in [-0.4, -0.2) is 27.1 Å². The Labute approximate surface area is 137 Å². The van der Waals surface area contributed by atoms with E-state index in [-0.39, 0.29) is 17.6 Å². The van der Waals surface area contributed by atoms with Crippen LogP contribution in [0.3, 0.4) is 0 Å². The fourth-order valence-electron chi connectivity index (χ4n) is 2.01. The molecule has 1 unspecified atom stereocenters. The molecule has 2 amide bonds. The van der Waals surface area contributed by atoms with Gasteiger partial charge in [-0.25, -0.2) is 4.79 Å². The highest BCUT2D eigenvalue weighted by atomic mass is 19.4. The van der Waals surface area contributed by atoms with E-state index >= 15 is 0 Å². The lowest BCUT2D eigenvalue weighted by atomic mass is 10.1. The van der Waals surface area contributed by atoms with E-state index in [0.29, 0.717) is 6.54 Å². The fraction of sp³-hybridized carbons (Fsp3) is 0.400. The lowest BCUT2D eigenvalue weighted by molar-refractivity contribution is -0.137. The zero-order chi connectivity index (χ0) is 17.7. The maximum atomic E-state index is 12.5. The van der Waals surface area contributed by atoms with Crippen LogP contribution in [0.4, 0.5) is 23.7 Å². The fourth-order valence-corrected chi connectivity index (χ4v) is 2.01. The normalized spacial score (nSPS) is 12.9. The Bertz CT molecular complexity index is 653. The highest BCUT2D eigenvalue weighted by Gasteiger charge is 2.30. The van der Waals surface area contributed by atoms with E-state index in [2.05, 4.69) is 20.8 Å². The number of anilines is 1.